The van der Waals surface area contributed by atoms with Crippen LogP contribution in [0.15, 0.2) is 23.8 Å². The van der Waals surface area contributed by atoms with Crippen molar-refractivity contribution in [3.05, 3.63) is 38.8 Å². The first-order valence-corrected chi connectivity index (χ1v) is 7.09. The van der Waals surface area contributed by atoms with Crippen LogP contribution in [0, 0.1) is 10.1 Å². The lowest BCUT2D eigenvalue weighted by atomic mass is 10.4. The molecule has 8 heteroatoms. The van der Waals surface area contributed by atoms with Crippen molar-refractivity contribution >= 4 is 28.7 Å². The molecular weight excluding hydrogens is 278 g/mol. The van der Waals surface area contributed by atoms with E-state index in [1.54, 1.807) is 11.3 Å². The lowest BCUT2D eigenvalue weighted by Gasteiger charge is -2.08. The summed E-state index contributed by atoms with van der Waals surface area (Å²) in [6.07, 6.45) is 2.18. The van der Waals surface area contributed by atoms with Crippen LogP contribution in [-0.4, -0.2) is 21.4 Å². The quantitative estimate of drug-likeness (QED) is 0.602. The zero-order chi connectivity index (χ0) is 14.4. The number of rotatable bonds is 7. The highest BCUT2D eigenvalue weighted by molar-refractivity contribution is 7.09. The van der Waals surface area contributed by atoms with Crippen molar-refractivity contribution in [3.63, 3.8) is 0 Å². The highest BCUT2D eigenvalue weighted by atomic mass is 32.1. The van der Waals surface area contributed by atoms with Gasteiger partial charge in [0.2, 0.25) is 11.6 Å². The van der Waals surface area contributed by atoms with Crippen LogP contribution < -0.4 is 10.6 Å². The maximum absolute atomic E-state index is 11.2. The van der Waals surface area contributed by atoms with Crippen molar-refractivity contribution in [3.8, 4) is 0 Å². The van der Waals surface area contributed by atoms with Crippen LogP contribution >= 0.6 is 11.3 Å². The average molecular weight is 293 g/mol. The van der Waals surface area contributed by atoms with E-state index < -0.39 is 4.92 Å². The van der Waals surface area contributed by atoms with Crippen molar-refractivity contribution < 1.29 is 4.92 Å². The Labute approximate surface area is 120 Å². The summed E-state index contributed by atoms with van der Waals surface area (Å²) in [5.41, 5.74) is -0.113. The number of nitrogens with zero attached hydrogens (tertiary/aromatic N) is 3. The molecule has 0 saturated carbocycles. The number of thiophene rings is 1. The second kappa shape index (κ2) is 6.80. The van der Waals surface area contributed by atoms with Gasteiger partial charge in [0.1, 0.15) is 6.33 Å². The Morgan fingerprint density at radius 1 is 1.35 bits per heavy atom. The number of hydrogen-bond acceptors (Lipinski definition) is 7. The lowest BCUT2D eigenvalue weighted by Crippen LogP contribution is -2.10. The number of hydrogen-bond donors (Lipinski definition) is 2. The topological polar surface area (TPSA) is 93.0 Å². The van der Waals surface area contributed by atoms with E-state index in [0.29, 0.717) is 13.1 Å². The van der Waals surface area contributed by atoms with Gasteiger partial charge in [0.05, 0.1) is 11.5 Å². The van der Waals surface area contributed by atoms with E-state index >= 15 is 0 Å². The van der Waals surface area contributed by atoms with Crippen LogP contribution in [0.1, 0.15) is 18.2 Å². The first-order chi connectivity index (χ1) is 9.72. The summed E-state index contributed by atoms with van der Waals surface area (Å²) < 4.78 is 0. The maximum atomic E-state index is 11.2. The molecule has 0 bridgehead atoms. The molecule has 0 atom stereocenters. The lowest BCUT2D eigenvalue weighted by molar-refractivity contribution is -0.383. The first kappa shape index (κ1) is 14.2. The third-order valence-corrected chi connectivity index (χ3v) is 3.43. The molecular formula is C12H15N5O2S. The Hall–Kier alpha value is -2.22. The van der Waals surface area contributed by atoms with Gasteiger partial charge in [-0.25, -0.2) is 9.97 Å². The highest BCUT2D eigenvalue weighted by Gasteiger charge is 2.22. The molecule has 2 aromatic heterocycles. The van der Waals surface area contributed by atoms with Gasteiger partial charge in [0, 0.05) is 11.4 Å². The van der Waals surface area contributed by atoms with Crippen LogP contribution in [0.2, 0.25) is 0 Å². The Balaban J connectivity index is 2.20. The number of nitro groups is 1. The van der Waals surface area contributed by atoms with E-state index in [9.17, 15) is 10.1 Å². The smallest absolute Gasteiger partial charge is 0.353 e. The number of nitrogens with one attached hydrogen (secondary N) is 2. The molecule has 2 heterocycles. The normalized spacial score (nSPS) is 10.2. The molecule has 2 aromatic rings. The van der Waals surface area contributed by atoms with Crippen LogP contribution in [0.25, 0.3) is 0 Å². The Morgan fingerprint density at radius 2 is 2.10 bits per heavy atom. The van der Waals surface area contributed by atoms with E-state index in [-0.39, 0.29) is 17.3 Å². The number of aromatic nitrogens is 2. The number of anilines is 2. The van der Waals surface area contributed by atoms with Crippen molar-refractivity contribution in [1.29, 1.82) is 0 Å². The third-order valence-electron chi connectivity index (χ3n) is 2.56. The van der Waals surface area contributed by atoms with Crippen LogP contribution in [0.4, 0.5) is 17.3 Å². The Bertz CT molecular complexity index is 573. The monoisotopic (exact) mass is 293 g/mol. The van der Waals surface area contributed by atoms with Gasteiger partial charge in [-0.05, 0) is 17.9 Å². The fourth-order valence-electron chi connectivity index (χ4n) is 1.64. The van der Waals surface area contributed by atoms with Gasteiger partial charge in [-0.15, -0.1) is 11.3 Å². The minimum Gasteiger partial charge on any atom is -0.364 e. The molecule has 7 nitrogen and oxygen atoms in total. The second-order valence-electron chi connectivity index (χ2n) is 4.04. The molecule has 0 fully saturated rings. The fourth-order valence-corrected chi connectivity index (χ4v) is 2.28. The first-order valence-electron chi connectivity index (χ1n) is 6.22. The molecule has 0 saturated heterocycles. The molecule has 2 rings (SSSR count). The van der Waals surface area contributed by atoms with Gasteiger partial charge in [-0.1, -0.05) is 13.0 Å². The minimum atomic E-state index is -0.464. The summed E-state index contributed by atoms with van der Waals surface area (Å²) in [6, 6.07) is 3.89. The standard InChI is InChI=1S/C12H15N5O2S/c1-2-5-13-11-10(17(18)19)12(16-8-15-11)14-7-9-4-3-6-20-9/h3-4,6,8H,2,5,7H2,1H3,(H2,13,14,15,16). The molecule has 0 radical (unpaired) electrons. The van der Waals surface area contributed by atoms with Crippen molar-refractivity contribution in [2.24, 2.45) is 0 Å². The summed E-state index contributed by atoms with van der Waals surface area (Å²) in [5.74, 6) is 0.484. The molecule has 2 N–H and O–H groups in total. The fraction of sp³-hybridized carbons (Fsp3) is 0.333. The van der Waals surface area contributed by atoms with E-state index in [1.807, 2.05) is 24.4 Å². The highest BCUT2D eigenvalue weighted by Crippen LogP contribution is 2.29. The van der Waals surface area contributed by atoms with Gasteiger partial charge in [0.15, 0.2) is 0 Å². The van der Waals surface area contributed by atoms with E-state index in [2.05, 4.69) is 20.6 Å². The Kier molecular flexibility index (Phi) is 4.83. The molecule has 0 aliphatic carbocycles. The van der Waals surface area contributed by atoms with Gasteiger partial charge in [-0.2, -0.15) is 0 Å². The van der Waals surface area contributed by atoms with Crippen LogP contribution in [-0.2, 0) is 6.54 Å². The van der Waals surface area contributed by atoms with Gasteiger partial charge < -0.3 is 10.6 Å². The summed E-state index contributed by atoms with van der Waals surface area (Å²) in [4.78, 5) is 19.7. The van der Waals surface area contributed by atoms with Gasteiger partial charge in [-0.3, -0.25) is 10.1 Å². The SMILES string of the molecule is CCCNc1ncnc(NCc2cccs2)c1[N+](=O)[O-]. The molecule has 0 amide bonds. The zero-order valence-electron chi connectivity index (χ0n) is 11.0. The van der Waals surface area contributed by atoms with Crippen molar-refractivity contribution in [2.45, 2.75) is 19.9 Å². The minimum absolute atomic E-state index is 0.113. The summed E-state index contributed by atoms with van der Waals surface area (Å²) in [7, 11) is 0. The van der Waals surface area contributed by atoms with Gasteiger partial charge >= 0.3 is 5.69 Å². The molecule has 0 aliphatic rings. The van der Waals surface area contributed by atoms with Gasteiger partial charge in [0.25, 0.3) is 0 Å². The molecule has 106 valence electrons. The largest absolute Gasteiger partial charge is 0.364 e. The Morgan fingerprint density at radius 3 is 2.70 bits per heavy atom. The summed E-state index contributed by atoms with van der Waals surface area (Å²) >= 11 is 1.58. The average Bonchev–Trinajstić information content (AvgIpc) is 2.95. The van der Waals surface area contributed by atoms with Crippen LogP contribution in [0.3, 0.4) is 0 Å². The second-order valence-corrected chi connectivity index (χ2v) is 5.07. The van der Waals surface area contributed by atoms with E-state index in [0.717, 1.165) is 11.3 Å². The maximum Gasteiger partial charge on any atom is 0.353 e. The molecule has 0 aromatic carbocycles. The van der Waals surface area contributed by atoms with E-state index in [4.69, 9.17) is 0 Å². The van der Waals surface area contributed by atoms with E-state index in [1.165, 1.54) is 6.33 Å². The predicted molar refractivity (Wildman–Crippen MR) is 79.1 cm³/mol. The van der Waals surface area contributed by atoms with Crippen molar-refractivity contribution in [1.82, 2.24) is 9.97 Å². The zero-order valence-corrected chi connectivity index (χ0v) is 11.8. The van der Waals surface area contributed by atoms with Crippen LogP contribution in [0.5, 0.6) is 0 Å². The molecule has 0 aliphatic heterocycles. The summed E-state index contributed by atoms with van der Waals surface area (Å²) in [6.45, 7) is 3.11. The molecule has 0 spiro atoms. The third kappa shape index (κ3) is 3.41. The molecule has 20 heavy (non-hydrogen) atoms. The summed E-state index contributed by atoms with van der Waals surface area (Å²) in [5, 5.41) is 19.1. The molecule has 0 unspecified atom stereocenters. The predicted octanol–water partition coefficient (Wildman–Crippen LogP) is 2.88. The van der Waals surface area contributed by atoms with Crippen molar-refractivity contribution in [2.75, 3.05) is 17.2 Å².